The predicted octanol–water partition coefficient (Wildman–Crippen LogP) is 2.52. The predicted molar refractivity (Wildman–Crippen MR) is 64.4 cm³/mol. The zero-order valence-electron chi connectivity index (χ0n) is 11.1. The molecule has 0 heterocycles. The van der Waals surface area contributed by atoms with Crippen LogP contribution in [0.2, 0.25) is 0 Å². The molecule has 0 aliphatic heterocycles. The molecule has 0 aromatic rings. The summed E-state index contributed by atoms with van der Waals surface area (Å²) in [6, 6.07) is 0. The van der Waals surface area contributed by atoms with Crippen LogP contribution in [-0.2, 0) is 9.53 Å². The Balaban J connectivity index is 1.61. The average molecular weight is 234 g/mol. The van der Waals surface area contributed by atoms with Crippen LogP contribution in [-0.4, -0.2) is 17.5 Å². The van der Waals surface area contributed by atoms with Gasteiger partial charge in [-0.25, -0.2) is 0 Å². The molecule has 2 nitrogen and oxygen atoms in total. The fourth-order valence-corrected chi connectivity index (χ4v) is 5.73. The van der Waals surface area contributed by atoms with E-state index in [-0.39, 0.29) is 5.60 Å². The van der Waals surface area contributed by atoms with Crippen LogP contribution in [0.4, 0.5) is 0 Å². The zero-order chi connectivity index (χ0) is 12.1. The van der Waals surface area contributed by atoms with Gasteiger partial charge >= 0.3 is 0 Å². The monoisotopic (exact) mass is 234 g/mol. The number of carbonyl (C=O) groups excluding carboxylic acids is 1. The third-order valence-electron chi connectivity index (χ3n) is 5.83. The summed E-state index contributed by atoms with van der Waals surface area (Å²) in [7, 11) is 0. The Morgan fingerprint density at radius 3 is 2.29 bits per heavy atom. The number of carbonyl (C=O) groups is 1. The van der Waals surface area contributed by atoms with Crippen LogP contribution in [0.5, 0.6) is 0 Å². The van der Waals surface area contributed by atoms with Crippen molar-refractivity contribution < 1.29 is 9.53 Å². The Hall–Kier alpha value is -0.370. The molecule has 0 amide bonds. The van der Waals surface area contributed by atoms with Gasteiger partial charge in [0.05, 0.1) is 11.7 Å². The van der Waals surface area contributed by atoms with E-state index in [0.29, 0.717) is 23.7 Å². The molecule has 94 valence electrons. The molecule has 0 aromatic heterocycles. The summed E-state index contributed by atoms with van der Waals surface area (Å²) >= 11 is 0. The highest BCUT2D eigenvalue weighted by Crippen LogP contribution is 2.82. The minimum absolute atomic E-state index is 0.0273. The van der Waals surface area contributed by atoms with E-state index < -0.39 is 0 Å². The molecule has 0 radical (unpaired) electrons. The van der Waals surface area contributed by atoms with E-state index in [0.717, 1.165) is 29.6 Å². The SMILES string of the molecule is CC(=O)C1C[C@@H]2[C@@H]3[C@H]4[C@@H](OC(C)(C)C)[C@@H]2[C@@H]1[C@H]34. The summed E-state index contributed by atoms with van der Waals surface area (Å²) in [6.45, 7) is 8.26. The number of Topliss-reactive ketones (excluding diaryl/α,β-unsaturated/α-hetero) is 1. The van der Waals surface area contributed by atoms with Gasteiger partial charge in [-0.15, -0.1) is 0 Å². The molecule has 0 spiro atoms. The van der Waals surface area contributed by atoms with E-state index in [9.17, 15) is 4.79 Å². The highest BCUT2D eigenvalue weighted by molar-refractivity contribution is 5.79. The Labute approximate surface area is 103 Å². The minimum atomic E-state index is -0.0273. The van der Waals surface area contributed by atoms with E-state index in [4.69, 9.17) is 4.74 Å². The van der Waals surface area contributed by atoms with E-state index in [2.05, 4.69) is 20.8 Å². The van der Waals surface area contributed by atoms with Gasteiger partial charge in [0.1, 0.15) is 5.78 Å². The molecule has 8 atom stereocenters. The zero-order valence-corrected chi connectivity index (χ0v) is 11.1. The van der Waals surface area contributed by atoms with Gasteiger partial charge in [-0.2, -0.15) is 0 Å². The third kappa shape index (κ3) is 1.13. The van der Waals surface area contributed by atoms with Gasteiger partial charge in [-0.1, -0.05) is 0 Å². The molecule has 0 saturated heterocycles. The fraction of sp³-hybridized carbons (Fsp3) is 0.933. The highest BCUT2D eigenvalue weighted by Gasteiger charge is 2.82. The van der Waals surface area contributed by atoms with Crippen molar-refractivity contribution in [2.75, 3.05) is 0 Å². The maximum absolute atomic E-state index is 11.7. The van der Waals surface area contributed by atoms with Crippen LogP contribution in [0.3, 0.4) is 0 Å². The molecular weight excluding hydrogens is 212 g/mol. The lowest BCUT2D eigenvalue weighted by atomic mass is 9.85. The molecule has 5 aliphatic rings. The standard InChI is InChI=1S/C15H22O2/c1-6(16)7-5-8-10-12-9(7)11(8)14(13(10)12)17-15(2,3)4/h7-14H,5H2,1-4H3/t7?,8-,9-,10+,11+,12-,13-,14+/m1/s1. The molecule has 5 aliphatic carbocycles. The van der Waals surface area contributed by atoms with E-state index >= 15 is 0 Å². The molecule has 0 aromatic carbocycles. The van der Waals surface area contributed by atoms with E-state index in [1.165, 1.54) is 6.42 Å². The fourth-order valence-electron chi connectivity index (χ4n) is 5.73. The van der Waals surface area contributed by atoms with Crippen molar-refractivity contribution in [1.29, 1.82) is 0 Å². The summed E-state index contributed by atoms with van der Waals surface area (Å²) in [4.78, 5) is 11.7. The Kier molecular flexibility index (Phi) is 1.73. The summed E-state index contributed by atoms with van der Waals surface area (Å²) in [6.07, 6.45) is 1.65. The molecule has 2 heteroatoms. The molecular formula is C15H22O2. The van der Waals surface area contributed by atoms with Gasteiger partial charge in [0.15, 0.2) is 0 Å². The van der Waals surface area contributed by atoms with Crippen molar-refractivity contribution in [3.05, 3.63) is 0 Å². The van der Waals surface area contributed by atoms with Gasteiger partial charge in [0.2, 0.25) is 0 Å². The van der Waals surface area contributed by atoms with Gasteiger partial charge < -0.3 is 4.74 Å². The summed E-state index contributed by atoms with van der Waals surface area (Å²) in [5, 5.41) is 0. The van der Waals surface area contributed by atoms with Crippen LogP contribution >= 0.6 is 0 Å². The average Bonchev–Trinajstić information content (AvgIpc) is 2.48. The van der Waals surface area contributed by atoms with Crippen molar-refractivity contribution in [3.8, 4) is 0 Å². The maximum atomic E-state index is 11.7. The van der Waals surface area contributed by atoms with Crippen molar-refractivity contribution in [2.45, 2.75) is 45.8 Å². The number of hydrogen-bond acceptors (Lipinski definition) is 2. The van der Waals surface area contributed by atoms with Crippen molar-refractivity contribution in [1.82, 2.24) is 0 Å². The number of hydrogen-bond donors (Lipinski definition) is 0. The van der Waals surface area contributed by atoms with Gasteiger partial charge in [-0.3, -0.25) is 4.79 Å². The molecule has 0 N–H and O–H groups in total. The third-order valence-corrected chi connectivity index (χ3v) is 5.83. The van der Waals surface area contributed by atoms with Gasteiger partial charge in [-0.05, 0) is 69.6 Å². The second-order valence-electron chi connectivity index (χ2n) is 7.70. The number of ether oxygens (including phenoxy) is 1. The highest BCUT2D eigenvalue weighted by atomic mass is 16.5. The largest absolute Gasteiger partial charge is 0.372 e. The number of ketones is 1. The topological polar surface area (TPSA) is 26.3 Å². The Bertz CT molecular complexity index is 394. The lowest BCUT2D eigenvalue weighted by molar-refractivity contribution is -0.122. The summed E-state index contributed by atoms with van der Waals surface area (Å²) in [5.74, 6) is 5.68. The Morgan fingerprint density at radius 2 is 1.76 bits per heavy atom. The van der Waals surface area contributed by atoms with E-state index in [1.807, 2.05) is 0 Å². The van der Waals surface area contributed by atoms with Gasteiger partial charge in [0, 0.05) is 5.92 Å². The van der Waals surface area contributed by atoms with Crippen LogP contribution in [0.1, 0.15) is 34.1 Å². The molecule has 17 heavy (non-hydrogen) atoms. The maximum Gasteiger partial charge on any atom is 0.133 e. The smallest absolute Gasteiger partial charge is 0.133 e. The number of rotatable bonds is 2. The molecule has 6 bridgehead atoms. The second-order valence-corrected chi connectivity index (χ2v) is 7.70. The van der Waals surface area contributed by atoms with Crippen LogP contribution < -0.4 is 0 Å². The summed E-state index contributed by atoms with van der Waals surface area (Å²) in [5.41, 5.74) is -0.0273. The lowest BCUT2D eigenvalue weighted by Gasteiger charge is -2.28. The van der Waals surface area contributed by atoms with Crippen LogP contribution in [0.15, 0.2) is 0 Å². The second kappa shape index (κ2) is 2.79. The van der Waals surface area contributed by atoms with Crippen LogP contribution in [0.25, 0.3) is 0 Å². The molecule has 5 fully saturated rings. The first-order valence-electron chi connectivity index (χ1n) is 7.08. The first-order chi connectivity index (χ1) is 7.90. The van der Waals surface area contributed by atoms with Crippen molar-refractivity contribution in [3.63, 3.8) is 0 Å². The van der Waals surface area contributed by atoms with Crippen LogP contribution in [0, 0.1) is 41.4 Å². The minimum Gasteiger partial charge on any atom is -0.372 e. The van der Waals surface area contributed by atoms with Crippen molar-refractivity contribution >= 4 is 5.78 Å². The molecule has 5 saturated carbocycles. The normalized spacial score (nSPS) is 57.6. The summed E-state index contributed by atoms with van der Waals surface area (Å²) < 4.78 is 6.30. The first kappa shape index (κ1) is 10.5. The van der Waals surface area contributed by atoms with Crippen molar-refractivity contribution in [2.24, 2.45) is 41.4 Å². The molecule has 5 rings (SSSR count). The Morgan fingerprint density at radius 1 is 1.06 bits per heavy atom. The molecule has 1 unspecified atom stereocenters. The first-order valence-corrected chi connectivity index (χ1v) is 7.08. The van der Waals surface area contributed by atoms with Gasteiger partial charge in [0.25, 0.3) is 0 Å². The quantitative estimate of drug-likeness (QED) is 0.734. The van der Waals surface area contributed by atoms with E-state index in [1.54, 1.807) is 6.92 Å². The lowest BCUT2D eigenvalue weighted by Crippen LogP contribution is -2.31.